The van der Waals surface area contributed by atoms with Crippen LogP contribution in [0.15, 0.2) is 18.6 Å². The Kier molecular flexibility index (Phi) is 6.58. The summed E-state index contributed by atoms with van der Waals surface area (Å²) in [5.41, 5.74) is 0. The second-order valence-corrected chi connectivity index (χ2v) is 8.60. The van der Waals surface area contributed by atoms with Gasteiger partial charge in [0.15, 0.2) is 0 Å². The molecule has 0 bridgehead atoms. The zero-order chi connectivity index (χ0) is 18.5. The Labute approximate surface area is 163 Å². The van der Waals surface area contributed by atoms with Crippen molar-refractivity contribution in [3.8, 4) is 0 Å². The van der Waals surface area contributed by atoms with Gasteiger partial charge in [-0.15, -0.1) is 0 Å². The van der Waals surface area contributed by atoms with Crippen molar-refractivity contribution >= 4 is 5.82 Å². The molecule has 2 aliphatic heterocycles. The van der Waals surface area contributed by atoms with E-state index in [9.17, 15) is 5.11 Å². The van der Waals surface area contributed by atoms with Crippen molar-refractivity contribution in [3.05, 3.63) is 18.6 Å². The molecule has 3 atom stereocenters. The van der Waals surface area contributed by atoms with Crippen molar-refractivity contribution in [2.24, 2.45) is 0 Å². The van der Waals surface area contributed by atoms with Gasteiger partial charge in [0, 0.05) is 37.8 Å². The van der Waals surface area contributed by atoms with E-state index in [0.29, 0.717) is 6.04 Å². The van der Waals surface area contributed by atoms with E-state index in [1.165, 1.54) is 51.5 Å². The van der Waals surface area contributed by atoms with E-state index in [1.807, 2.05) is 12.3 Å². The minimum absolute atomic E-state index is 0.147. The predicted molar refractivity (Wildman–Crippen MR) is 108 cm³/mol. The van der Waals surface area contributed by atoms with Crippen LogP contribution in [0.1, 0.15) is 64.2 Å². The van der Waals surface area contributed by atoms with Crippen molar-refractivity contribution in [3.63, 3.8) is 0 Å². The van der Waals surface area contributed by atoms with Crippen LogP contribution in [0, 0.1) is 0 Å². The topological polar surface area (TPSA) is 64.5 Å². The summed E-state index contributed by atoms with van der Waals surface area (Å²) in [5.74, 6) is 0.969. The highest BCUT2D eigenvalue weighted by Crippen LogP contribution is 2.27. The molecule has 6 nitrogen and oxygen atoms in total. The molecule has 27 heavy (non-hydrogen) atoms. The Balaban J connectivity index is 1.42. The quantitative estimate of drug-likeness (QED) is 0.846. The molecule has 3 aliphatic rings. The molecule has 6 heteroatoms. The summed E-state index contributed by atoms with van der Waals surface area (Å²) >= 11 is 0. The van der Waals surface area contributed by atoms with E-state index in [2.05, 4.69) is 25.1 Å². The monoisotopic (exact) mass is 373 g/mol. The third-order valence-electron chi connectivity index (χ3n) is 6.64. The maximum absolute atomic E-state index is 10.4. The Morgan fingerprint density at radius 2 is 1.85 bits per heavy atom. The molecule has 0 radical (unpaired) electrons. The second-order valence-electron chi connectivity index (χ2n) is 8.60. The average molecular weight is 374 g/mol. The van der Waals surface area contributed by atoms with Gasteiger partial charge in [-0.05, 0) is 51.1 Å². The Morgan fingerprint density at radius 1 is 1.00 bits per heavy atom. The molecule has 0 amide bonds. The fourth-order valence-electron chi connectivity index (χ4n) is 5.23. The number of piperidine rings is 1. The van der Waals surface area contributed by atoms with Crippen LogP contribution in [-0.2, 0) is 0 Å². The van der Waals surface area contributed by atoms with Crippen LogP contribution >= 0.6 is 0 Å². The van der Waals surface area contributed by atoms with Gasteiger partial charge in [-0.1, -0.05) is 19.3 Å². The van der Waals surface area contributed by atoms with Crippen LogP contribution in [0.4, 0.5) is 5.82 Å². The van der Waals surface area contributed by atoms with Gasteiger partial charge >= 0.3 is 0 Å². The summed E-state index contributed by atoms with van der Waals surface area (Å²) in [5, 5.41) is 14.3. The largest absolute Gasteiger partial charge is 0.393 e. The van der Waals surface area contributed by atoms with Gasteiger partial charge in [0.05, 0.1) is 12.3 Å². The highest BCUT2D eigenvalue weighted by molar-refractivity contribution is 5.38. The van der Waals surface area contributed by atoms with Gasteiger partial charge in [-0.3, -0.25) is 10.2 Å². The van der Waals surface area contributed by atoms with E-state index >= 15 is 0 Å². The highest BCUT2D eigenvalue weighted by Gasteiger charge is 2.31. The summed E-state index contributed by atoms with van der Waals surface area (Å²) in [7, 11) is 0. The molecule has 2 saturated heterocycles. The smallest absolute Gasteiger partial charge is 0.133 e. The number of anilines is 1. The first-order chi connectivity index (χ1) is 13.3. The minimum Gasteiger partial charge on any atom is -0.393 e. The van der Waals surface area contributed by atoms with Gasteiger partial charge in [-0.2, -0.15) is 0 Å². The van der Waals surface area contributed by atoms with Crippen LogP contribution in [0.25, 0.3) is 0 Å². The summed E-state index contributed by atoms with van der Waals surface area (Å²) in [6.45, 7) is 3.34. The van der Waals surface area contributed by atoms with Gasteiger partial charge in [0.2, 0.25) is 0 Å². The summed E-state index contributed by atoms with van der Waals surface area (Å²) in [6.07, 6.45) is 15.5. The van der Waals surface area contributed by atoms with Crippen LogP contribution < -0.4 is 10.2 Å². The predicted octanol–water partition coefficient (Wildman–Crippen LogP) is 2.54. The Morgan fingerprint density at radius 3 is 2.67 bits per heavy atom. The molecule has 2 N–H and O–H groups in total. The van der Waals surface area contributed by atoms with E-state index in [0.717, 1.165) is 44.2 Å². The lowest BCUT2D eigenvalue weighted by atomic mass is 9.92. The van der Waals surface area contributed by atoms with Crippen LogP contribution in [-0.4, -0.2) is 64.0 Å². The Hall–Kier alpha value is -1.24. The molecule has 1 aromatic heterocycles. The Bertz CT molecular complexity index is 565. The number of nitrogens with one attached hydrogen (secondary N) is 1. The molecular weight excluding hydrogens is 338 g/mol. The molecule has 3 fully saturated rings. The standard InChI is InChI=1S/C21H35N5O/c27-19-9-5-13-26(20-10-11-22-16-23-20)21(14-19)24-17-6-4-12-25(15-17)18-7-2-1-3-8-18/h10-11,16-19,21,24,27H,1-9,12-15H2. The van der Waals surface area contributed by atoms with Crippen molar-refractivity contribution in [2.45, 2.75) is 88.6 Å². The summed E-state index contributed by atoms with van der Waals surface area (Å²) < 4.78 is 0. The van der Waals surface area contributed by atoms with Crippen LogP contribution in [0.2, 0.25) is 0 Å². The number of rotatable bonds is 4. The third kappa shape index (κ3) is 4.98. The lowest BCUT2D eigenvalue weighted by Gasteiger charge is -2.42. The molecule has 3 heterocycles. The maximum Gasteiger partial charge on any atom is 0.133 e. The first kappa shape index (κ1) is 19.1. The SMILES string of the molecule is OC1CCCN(c2ccncn2)C(NC2CCCN(C3CCCCC3)C2)C1. The third-order valence-corrected chi connectivity index (χ3v) is 6.64. The fraction of sp³-hybridized carbons (Fsp3) is 0.810. The van der Waals surface area contributed by atoms with Crippen molar-refractivity contribution < 1.29 is 5.11 Å². The summed E-state index contributed by atoms with van der Waals surface area (Å²) in [4.78, 5) is 13.6. The number of likely N-dealkylation sites (tertiary alicyclic amines) is 1. The maximum atomic E-state index is 10.4. The second kappa shape index (κ2) is 9.30. The molecule has 1 aromatic rings. The number of aliphatic hydroxyl groups is 1. The fourth-order valence-corrected chi connectivity index (χ4v) is 5.23. The number of nitrogens with zero attached hydrogens (tertiary/aromatic N) is 4. The zero-order valence-corrected chi connectivity index (χ0v) is 16.5. The molecule has 0 spiro atoms. The minimum atomic E-state index is -0.229. The lowest BCUT2D eigenvalue weighted by Crippen LogP contribution is -2.56. The van der Waals surface area contributed by atoms with Crippen LogP contribution in [0.5, 0.6) is 0 Å². The average Bonchev–Trinajstić information content (AvgIpc) is 2.90. The number of aliphatic hydroxyl groups excluding tert-OH is 1. The normalized spacial score (nSPS) is 31.6. The van der Waals surface area contributed by atoms with Crippen molar-refractivity contribution in [2.75, 3.05) is 24.5 Å². The van der Waals surface area contributed by atoms with E-state index in [1.54, 1.807) is 6.33 Å². The molecular formula is C21H35N5O. The van der Waals surface area contributed by atoms with Gasteiger partial charge < -0.3 is 10.0 Å². The van der Waals surface area contributed by atoms with Gasteiger partial charge in [0.1, 0.15) is 12.1 Å². The first-order valence-electron chi connectivity index (χ1n) is 11.0. The van der Waals surface area contributed by atoms with Gasteiger partial charge in [-0.25, -0.2) is 9.97 Å². The zero-order valence-electron chi connectivity index (χ0n) is 16.5. The number of hydrogen-bond donors (Lipinski definition) is 2. The van der Waals surface area contributed by atoms with Crippen LogP contribution in [0.3, 0.4) is 0 Å². The molecule has 4 rings (SSSR count). The van der Waals surface area contributed by atoms with Gasteiger partial charge in [0.25, 0.3) is 0 Å². The van der Waals surface area contributed by atoms with E-state index in [4.69, 9.17) is 0 Å². The van der Waals surface area contributed by atoms with Crippen molar-refractivity contribution in [1.29, 1.82) is 0 Å². The highest BCUT2D eigenvalue weighted by atomic mass is 16.3. The lowest BCUT2D eigenvalue weighted by molar-refractivity contribution is 0.0993. The molecule has 0 aromatic carbocycles. The molecule has 1 aliphatic carbocycles. The molecule has 1 saturated carbocycles. The van der Waals surface area contributed by atoms with Crippen molar-refractivity contribution in [1.82, 2.24) is 20.2 Å². The number of hydrogen-bond acceptors (Lipinski definition) is 6. The first-order valence-corrected chi connectivity index (χ1v) is 11.0. The molecule has 150 valence electrons. The summed E-state index contributed by atoms with van der Waals surface area (Å²) in [6, 6.07) is 3.28. The molecule has 3 unspecified atom stereocenters. The van der Waals surface area contributed by atoms with E-state index in [-0.39, 0.29) is 12.3 Å². The van der Waals surface area contributed by atoms with E-state index < -0.39 is 0 Å². The number of aromatic nitrogens is 2.